The largest absolute Gasteiger partial charge is 0.330 e. The average molecular weight is 258 g/mol. The summed E-state index contributed by atoms with van der Waals surface area (Å²) in [5.41, 5.74) is 7.27. The third-order valence-electron chi connectivity index (χ3n) is 3.00. The quantitative estimate of drug-likeness (QED) is 0.846. The molecule has 1 unspecified atom stereocenters. The van der Waals surface area contributed by atoms with Gasteiger partial charge in [-0.15, -0.1) is 0 Å². The summed E-state index contributed by atoms with van der Waals surface area (Å²) >= 11 is 6.10. The molecule has 0 aliphatic carbocycles. The van der Waals surface area contributed by atoms with Gasteiger partial charge in [0, 0.05) is 31.5 Å². The van der Waals surface area contributed by atoms with E-state index in [1.54, 1.807) is 11.7 Å². The number of carbonyl (C=O) groups is 1. The van der Waals surface area contributed by atoms with E-state index in [-0.39, 0.29) is 11.7 Å². The molecule has 1 atom stereocenters. The maximum Gasteiger partial charge on any atom is 0.141 e. The Morgan fingerprint density at radius 2 is 2.24 bits per heavy atom. The zero-order valence-corrected chi connectivity index (χ0v) is 11.4. The molecule has 1 aromatic heterocycles. The first-order chi connectivity index (χ1) is 8.01. The molecule has 0 aliphatic rings. The van der Waals surface area contributed by atoms with Crippen LogP contribution in [0.3, 0.4) is 0 Å². The van der Waals surface area contributed by atoms with Gasteiger partial charge in [0.2, 0.25) is 0 Å². The molecule has 0 spiro atoms. The van der Waals surface area contributed by atoms with Gasteiger partial charge in [0.25, 0.3) is 0 Å². The minimum atomic E-state index is -0.0596. The molecular formula is C12H20ClN3O. The number of hydrogen-bond acceptors (Lipinski definition) is 3. The standard InChI is InChI=1S/C12H20ClN3O/c1-4-5-9(7-14)11(17)6-10-8(2)15-16(3)12(10)13/h9H,4-7,14H2,1-3H3. The van der Waals surface area contributed by atoms with Gasteiger partial charge in [-0.05, 0) is 13.3 Å². The van der Waals surface area contributed by atoms with E-state index >= 15 is 0 Å². The van der Waals surface area contributed by atoms with Crippen molar-refractivity contribution in [1.29, 1.82) is 0 Å². The summed E-state index contributed by atoms with van der Waals surface area (Å²) in [4.78, 5) is 12.1. The lowest BCUT2D eigenvalue weighted by molar-refractivity contribution is -0.122. The average Bonchev–Trinajstić information content (AvgIpc) is 2.52. The van der Waals surface area contributed by atoms with Crippen molar-refractivity contribution in [1.82, 2.24) is 9.78 Å². The highest BCUT2D eigenvalue weighted by atomic mass is 35.5. The Morgan fingerprint density at radius 1 is 1.59 bits per heavy atom. The van der Waals surface area contributed by atoms with Crippen LogP contribution in [0.5, 0.6) is 0 Å². The molecule has 4 nitrogen and oxygen atoms in total. The van der Waals surface area contributed by atoms with E-state index in [1.807, 2.05) is 6.92 Å². The number of aryl methyl sites for hydroxylation is 2. The first-order valence-electron chi connectivity index (χ1n) is 5.92. The van der Waals surface area contributed by atoms with E-state index in [4.69, 9.17) is 17.3 Å². The molecule has 1 heterocycles. The number of nitrogens with zero attached hydrogens (tertiary/aromatic N) is 2. The number of halogens is 1. The van der Waals surface area contributed by atoms with Gasteiger partial charge in [0.05, 0.1) is 5.69 Å². The van der Waals surface area contributed by atoms with Gasteiger partial charge in [-0.25, -0.2) is 0 Å². The van der Waals surface area contributed by atoms with E-state index in [1.165, 1.54) is 0 Å². The lowest BCUT2D eigenvalue weighted by Gasteiger charge is -2.12. The summed E-state index contributed by atoms with van der Waals surface area (Å²) < 4.78 is 1.59. The van der Waals surface area contributed by atoms with Crippen molar-refractivity contribution in [3.8, 4) is 0 Å². The number of Topliss-reactive ketones (excluding diaryl/α,β-unsaturated/α-hetero) is 1. The van der Waals surface area contributed by atoms with Crippen LogP contribution in [-0.2, 0) is 18.3 Å². The second-order valence-electron chi connectivity index (χ2n) is 4.34. The number of carbonyl (C=O) groups excluding carboxylic acids is 1. The van der Waals surface area contributed by atoms with Crippen LogP contribution < -0.4 is 5.73 Å². The van der Waals surface area contributed by atoms with Gasteiger partial charge >= 0.3 is 0 Å². The first kappa shape index (κ1) is 14.2. The highest BCUT2D eigenvalue weighted by Gasteiger charge is 2.20. The number of nitrogens with two attached hydrogens (primary N) is 1. The van der Waals surface area contributed by atoms with Crippen molar-refractivity contribution < 1.29 is 4.79 Å². The van der Waals surface area contributed by atoms with Crippen LogP contribution in [0.4, 0.5) is 0 Å². The van der Waals surface area contributed by atoms with Crippen LogP contribution in [0.15, 0.2) is 0 Å². The van der Waals surface area contributed by atoms with Crippen molar-refractivity contribution in [2.45, 2.75) is 33.1 Å². The predicted molar refractivity (Wildman–Crippen MR) is 69.1 cm³/mol. The molecule has 2 N–H and O–H groups in total. The fraction of sp³-hybridized carbons (Fsp3) is 0.667. The highest BCUT2D eigenvalue weighted by molar-refractivity contribution is 6.30. The van der Waals surface area contributed by atoms with Crippen molar-refractivity contribution in [3.05, 3.63) is 16.4 Å². The zero-order chi connectivity index (χ0) is 13.0. The van der Waals surface area contributed by atoms with Crippen molar-refractivity contribution in [2.24, 2.45) is 18.7 Å². The molecule has 5 heteroatoms. The Labute approximate surface area is 107 Å². The Kier molecular flexibility index (Phi) is 5.15. The van der Waals surface area contributed by atoms with Gasteiger partial charge in [0.1, 0.15) is 10.9 Å². The van der Waals surface area contributed by atoms with Crippen molar-refractivity contribution >= 4 is 17.4 Å². The number of hydrogen-bond donors (Lipinski definition) is 1. The third kappa shape index (κ3) is 3.30. The summed E-state index contributed by atoms with van der Waals surface area (Å²) in [7, 11) is 1.77. The highest BCUT2D eigenvalue weighted by Crippen LogP contribution is 2.21. The van der Waals surface area contributed by atoms with Crippen molar-refractivity contribution in [3.63, 3.8) is 0 Å². The van der Waals surface area contributed by atoms with Crippen LogP contribution >= 0.6 is 11.6 Å². The number of ketones is 1. The Hall–Kier alpha value is -0.870. The second-order valence-corrected chi connectivity index (χ2v) is 4.70. The number of rotatable bonds is 6. The second kappa shape index (κ2) is 6.17. The molecule has 0 aliphatic heterocycles. The van der Waals surface area contributed by atoms with Gasteiger partial charge in [0.15, 0.2) is 0 Å². The van der Waals surface area contributed by atoms with Crippen LogP contribution in [0, 0.1) is 12.8 Å². The van der Waals surface area contributed by atoms with E-state index in [0.717, 1.165) is 24.1 Å². The summed E-state index contributed by atoms with van der Waals surface area (Å²) in [6.45, 7) is 4.33. The van der Waals surface area contributed by atoms with Gasteiger partial charge < -0.3 is 5.73 Å². The molecule has 0 fully saturated rings. The monoisotopic (exact) mass is 257 g/mol. The molecule has 96 valence electrons. The maximum atomic E-state index is 12.1. The fourth-order valence-corrected chi connectivity index (χ4v) is 2.19. The summed E-state index contributed by atoms with van der Waals surface area (Å²) in [5, 5.41) is 4.74. The molecule has 0 amide bonds. The predicted octanol–water partition coefficient (Wildman–Crippen LogP) is 1.87. The van der Waals surface area contributed by atoms with Crippen molar-refractivity contribution in [2.75, 3.05) is 6.54 Å². The molecule has 0 radical (unpaired) electrons. The van der Waals surface area contributed by atoms with Crippen LogP contribution in [0.25, 0.3) is 0 Å². The Balaban J connectivity index is 2.80. The smallest absolute Gasteiger partial charge is 0.141 e. The molecule has 1 aromatic rings. The molecule has 0 saturated carbocycles. The molecule has 0 saturated heterocycles. The minimum Gasteiger partial charge on any atom is -0.330 e. The third-order valence-corrected chi connectivity index (χ3v) is 3.47. The van der Waals surface area contributed by atoms with Crippen LogP contribution in [-0.4, -0.2) is 22.1 Å². The zero-order valence-electron chi connectivity index (χ0n) is 10.7. The molecular weight excluding hydrogens is 238 g/mol. The van der Waals surface area contributed by atoms with Gasteiger partial charge in [-0.1, -0.05) is 24.9 Å². The lowest BCUT2D eigenvalue weighted by atomic mass is 9.94. The molecule has 1 rings (SSSR count). The van der Waals surface area contributed by atoms with E-state index in [2.05, 4.69) is 12.0 Å². The summed E-state index contributed by atoms with van der Waals surface area (Å²) in [6.07, 6.45) is 2.14. The minimum absolute atomic E-state index is 0.0596. The Bertz CT molecular complexity index is 401. The topological polar surface area (TPSA) is 60.9 Å². The SMILES string of the molecule is CCCC(CN)C(=O)Cc1c(C)nn(C)c1Cl. The Morgan fingerprint density at radius 3 is 2.65 bits per heavy atom. The number of aromatic nitrogens is 2. The van der Waals surface area contributed by atoms with Gasteiger partial charge in [-0.3, -0.25) is 9.48 Å². The van der Waals surface area contributed by atoms with E-state index in [9.17, 15) is 4.79 Å². The van der Waals surface area contributed by atoms with Gasteiger partial charge in [-0.2, -0.15) is 5.10 Å². The molecule has 0 aromatic carbocycles. The van der Waals surface area contributed by atoms with E-state index < -0.39 is 0 Å². The fourth-order valence-electron chi connectivity index (χ4n) is 1.95. The molecule has 17 heavy (non-hydrogen) atoms. The maximum absolute atomic E-state index is 12.1. The van der Waals surface area contributed by atoms with E-state index in [0.29, 0.717) is 18.1 Å². The lowest BCUT2D eigenvalue weighted by Crippen LogP contribution is -2.25. The molecule has 0 bridgehead atoms. The summed E-state index contributed by atoms with van der Waals surface area (Å²) in [5.74, 6) is 0.100. The summed E-state index contributed by atoms with van der Waals surface area (Å²) in [6, 6.07) is 0. The van der Waals surface area contributed by atoms with Crippen LogP contribution in [0.2, 0.25) is 5.15 Å². The normalized spacial score (nSPS) is 12.8. The first-order valence-corrected chi connectivity index (χ1v) is 6.29. The van der Waals surface area contributed by atoms with Crippen LogP contribution in [0.1, 0.15) is 31.0 Å².